The van der Waals surface area contributed by atoms with Crippen LogP contribution in [0.1, 0.15) is 51.9 Å². The molecule has 5 nitrogen and oxygen atoms in total. The first-order chi connectivity index (χ1) is 11.2. The number of hydrogen-bond donors (Lipinski definition) is 0. The highest BCUT2D eigenvalue weighted by Crippen LogP contribution is 2.41. The summed E-state index contributed by atoms with van der Waals surface area (Å²) < 4.78 is 5.44. The highest BCUT2D eigenvalue weighted by atomic mass is 16.6. The minimum absolute atomic E-state index is 0.102. The van der Waals surface area contributed by atoms with Crippen LogP contribution in [0, 0.1) is 17.8 Å². The third-order valence-corrected chi connectivity index (χ3v) is 5.78. The molecule has 2 saturated heterocycles. The molecule has 2 aliphatic heterocycles. The molecular weight excluding hydrogens is 292 g/mol. The van der Waals surface area contributed by atoms with Crippen molar-refractivity contribution in [1.82, 2.24) is 9.80 Å². The second-order valence-corrected chi connectivity index (χ2v) is 7.39. The molecule has 3 rings (SSSR count). The van der Waals surface area contributed by atoms with Crippen LogP contribution in [0.25, 0.3) is 0 Å². The normalized spacial score (nSPS) is 28.6. The molecule has 5 heteroatoms. The molecule has 0 spiro atoms. The van der Waals surface area contributed by atoms with Crippen LogP contribution in [0.4, 0.5) is 4.79 Å². The van der Waals surface area contributed by atoms with Crippen LogP contribution in [-0.2, 0) is 9.53 Å². The van der Waals surface area contributed by atoms with Crippen molar-refractivity contribution in [2.45, 2.75) is 51.9 Å². The maximum atomic E-state index is 12.5. The molecule has 0 aromatic rings. The lowest BCUT2D eigenvalue weighted by Gasteiger charge is -2.35. The van der Waals surface area contributed by atoms with Crippen molar-refractivity contribution in [3.05, 3.63) is 0 Å². The second kappa shape index (κ2) is 7.54. The Balaban J connectivity index is 1.37. The lowest BCUT2D eigenvalue weighted by molar-refractivity contribution is -0.137. The Labute approximate surface area is 139 Å². The van der Waals surface area contributed by atoms with Crippen LogP contribution in [0.5, 0.6) is 0 Å². The van der Waals surface area contributed by atoms with E-state index in [2.05, 4.69) is 6.92 Å². The molecule has 3 aliphatic rings. The van der Waals surface area contributed by atoms with E-state index in [-0.39, 0.29) is 12.0 Å². The number of likely N-dealkylation sites (tertiary alicyclic amines) is 2. The first kappa shape index (κ1) is 16.6. The average molecular weight is 322 g/mol. The van der Waals surface area contributed by atoms with Crippen molar-refractivity contribution in [2.24, 2.45) is 17.8 Å². The van der Waals surface area contributed by atoms with Crippen LogP contribution >= 0.6 is 0 Å². The SMILES string of the molecule is CC[C@@H]1C[C@H]1COC(=O)N1CCC(C(=O)N2CCCCC2)CC1. The van der Waals surface area contributed by atoms with Crippen molar-refractivity contribution in [3.8, 4) is 0 Å². The van der Waals surface area contributed by atoms with Crippen molar-refractivity contribution < 1.29 is 14.3 Å². The van der Waals surface area contributed by atoms with Gasteiger partial charge in [0.2, 0.25) is 5.91 Å². The zero-order valence-corrected chi connectivity index (χ0v) is 14.3. The van der Waals surface area contributed by atoms with Crippen LogP contribution in [-0.4, -0.2) is 54.6 Å². The van der Waals surface area contributed by atoms with Gasteiger partial charge in [0.05, 0.1) is 6.61 Å². The van der Waals surface area contributed by atoms with Gasteiger partial charge in [-0.1, -0.05) is 13.3 Å². The van der Waals surface area contributed by atoms with Gasteiger partial charge in [0.1, 0.15) is 0 Å². The third-order valence-electron chi connectivity index (χ3n) is 5.78. The molecule has 2 atom stereocenters. The zero-order chi connectivity index (χ0) is 16.2. The lowest BCUT2D eigenvalue weighted by Crippen LogP contribution is -2.45. The number of hydrogen-bond acceptors (Lipinski definition) is 3. The number of rotatable bonds is 4. The summed E-state index contributed by atoms with van der Waals surface area (Å²) >= 11 is 0. The highest BCUT2D eigenvalue weighted by molar-refractivity contribution is 5.79. The molecule has 0 aromatic heterocycles. The summed E-state index contributed by atoms with van der Waals surface area (Å²) in [4.78, 5) is 28.4. The molecule has 0 unspecified atom stereocenters. The third kappa shape index (κ3) is 4.18. The number of ether oxygens (including phenoxy) is 1. The Morgan fingerprint density at radius 3 is 2.26 bits per heavy atom. The van der Waals surface area contributed by atoms with Gasteiger partial charge in [0.25, 0.3) is 0 Å². The zero-order valence-electron chi connectivity index (χ0n) is 14.3. The van der Waals surface area contributed by atoms with Gasteiger partial charge < -0.3 is 14.5 Å². The molecule has 2 amide bonds. The first-order valence-electron chi connectivity index (χ1n) is 9.39. The van der Waals surface area contributed by atoms with Crippen molar-refractivity contribution in [2.75, 3.05) is 32.8 Å². The largest absolute Gasteiger partial charge is 0.449 e. The summed E-state index contributed by atoms with van der Waals surface area (Å²) in [7, 11) is 0. The number of amides is 2. The Morgan fingerprint density at radius 2 is 1.65 bits per heavy atom. The topological polar surface area (TPSA) is 49.9 Å². The van der Waals surface area contributed by atoms with E-state index in [0.29, 0.717) is 31.5 Å². The van der Waals surface area contributed by atoms with Gasteiger partial charge in [-0.15, -0.1) is 0 Å². The Kier molecular flexibility index (Phi) is 5.44. The number of carbonyl (C=O) groups excluding carboxylic acids is 2. The lowest BCUT2D eigenvalue weighted by atomic mass is 9.94. The standard InChI is InChI=1S/C18H30N2O3/c1-2-14-12-16(14)13-23-18(22)20-10-6-15(7-11-20)17(21)19-8-4-3-5-9-19/h14-16H,2-13H2,1H3/t14-,16+/m1/s1. The quantitative estimate of drug-likeness (QED) is 0.799. The van der Waals surface area contributed by atoms with Gasteiger partial charge >= 0.3 is 6.09 Å². The van der Waals surface area contributed by atoms with E-state index in [1.165, 1.54) is 19.3 Å². The summed E-state index contributed by atoms with van der Waals surface area (Å²) in [5.74, 6) is 1.75. The fourth-order valence-corrected chi connectivity index (χ4v) is 3.97. The number of piperidine rings is 2. The van der Waals surface area contributed by atoms with Gasteiger partial charge in [-0.3, -0.25) is 4.79 Å². The number of nitrogens with zero attached hydrogens (tertiary/aromatic N) is 2. The Hall–Kier alpha value is -1.26. The summed E-state index contributed by atoms with van der Waals surface area (Å²) in [6.07, 6.45) is 7.29. The van der Waals surface area contributed by atoms with E-state index < -0.39 is 0 Å². The summed E-state index contributed by atoms with van der Waals surface area (Å²) in [5, 5.41) is 0. The monoisotopic (exact) mass is 322 g/mol. The molecule has 3 fully saturated rings. The van der Waals surface area contributed by atoms with Gasteiger partial charge in [-0.25, -0.2) is 4.79 Å². The van der Waals surface area contributed by atoms with E-state index in [9.17, 15) is 9.59 Å². The molecule has 130 valence electrons. The van der Waals surface area contributed by atoms with Crippen LogP contribution in [0.15, 0.2) is 0 Å². The van der Waals surface area contributed by atoms with Gasteiger partial charge in [-0.05, 0) is 50.4 Å². The van der Waals surface area contributed by atoms with Crippen LogP contribution in [0.2, 0.25) is 0 Å². The van der Waals surface area contributed by atoms with E-state index >= 15 is 0 Å². The van der Waals surface area contributed by atoms with E-state index in [1.807, 2.05) is 4.90 Å². The van der Waals surface area contributed by atoms with Gasteiger partial charge in [0, 0.05) is 32.1 Å². The highest BCUT2D eigenvalue weighted by Gasteiger charge is 2.37. The van der Waals surface area contributed by atoms with Crippen molar-refractivity contribution >= 4 is 12.0 Å². The molecule has 1 saturated carbocycles. The van der Waals surface area contributed by atoms with Crippen molar-refractivity contribution in [1.29, 1.82) is 0 Å². The minimum atomic E-state index is -0.185. The van der Waals surface area contributed by atoms with Gasteiger partial charge in [0.15, 0.2) is 0 Å². The summed E-state index contributed by atoms with van der Waals surface area (Å²) in [5.41, 5.74) is 0. The Morgan fingerprint density at radius 1 is 0.957 bits per heavy atom. The fraction of sp³-hybridized carbons (Fsp3) is 0.889. The Bertz CT molecular complexity index is 426. The molecule has 0 N–H and O–H groups in total. The van der Waals surface area contributed by atoms with Crippen LogP contribution in [0.3, 0.4) is 0 Å². The predicted molar refractivity (Wildman–Crippen MR) is 88.0 cm³/mol. The summed E-state index contributed by atoms with van der Waals surface area (Å²) in [6.45, 7) is 5.92. The molecule has 23 heavy (non-hydrogen) atoms. The predicted octanol–water partition coefficient (Wildman–Crippen LogP) is 2.89. The molecular formula is C18H30N2O3. The fourth-order valence-electron chi connectivity index (χ4n) is 3.97. The molecule has 0 radical (unpaired) electrons. The van der Waals surface area contributed by atoms with Gasteiger partial charge in [-0.2, -0.15) is 0 Å². The second-order valence-electron chi connectivity index (χ2n) is 7.39. The molecule has 2 heterocycles. The van der Waals surface area contributed by atoms with E-state index in [4.69, 9.17) is 4.74 Å². The molecule has 0 aromatic carbocycles. The number of carbonyl (C=O) groups is 2. The van der Waals surface area contributed by atoms with E-state index in [1.54, 1.807) is 4.90 Å². The maximum Gasteiger partial charge on any atom is 0.409 e. The van der Waals surface area contributed by atoms with Crippen LogP contribution < -0.4 is 0 Å². The average Bonchev–Trinajstić information content (AvgIpc) is 3.38. The molecule has 0 bridgehead atoms. The minimum Gasteiger partial charge on any atom is -0.449 e. The maximum absolute atomic E-state index is 12.5. The first-order valence-corrected chi connectivity index (χ1v) is 9.39. The molecule has 1 aliphatic carbocycles. The van der Waals surface area contributed by atoms with E-state index in [0.717, 1.165) is 44.7 Å². The van der Waals surface area contributed by atoms with Crippen molar-refractivity contribution in [3.63, 3.8) is 0 Å². The summed E-state index contributed by atoms with van der Waals surface area (Å²) in [6, 6.07) is 0. The smallest absolute Gasteiger partial charge is 0.409 e.